The molecule has 1 N–H and O–H groups in total. The third-order valence-electron chi connectivity index (χ3n) is 6.85. The summed E-state index contributed by atoms with van der Waals surface area (Å²) in [5.41, 5.74) is 3.22. The number of pyridine rings is 2. The zero-order valence-corrected chi connectivity index (χ0v) is 24.2. The number of anilines is 1. The number of hydrogen-bond donors (Lipinski definition) is 1. The molecule has 0 radical (unpaired) electrons. The van der Waals surface area contributed by atoms with Crippen LogP contribution in [0.15, 0.2) is 24.5 Å². The van der Waals surface area contributed by atoms with Crippen LogP contribution < -0.4 is 9.64 Å². The third-order valence-corrected chi connectivity index (χ3v) is 6.85. The smallest absolute Gasteiger partial charge is 0.337 e. The minimum atomic E-state index is -1.15. The van der Waals surface area contributed by atoms with Crippen molar-refractivity contribution in [2.45, 2.75) is 85.9 Å². The van der Waals surface area contributed by atoms with Gasteiger partial charge in [0.05, 0.1) is 29.8 Å². The largest absolute Gasteiger partial charge is 0.492 e. The van der Waals surface area contributed by atoms with Gasteiger partial charge in [-0.1, -0.05) is 13.8 Å². The fraction of sp³-hybridized carbons (Fsp3) is 0.633. The van der Waals surface area contributed by atoms with Crippen molar-refractivity contribution in [3.05, 3.63) is 35.8 Å². The molecule has 1 fully saturated rings. The first-order valence-corrected chi connectivity index (χ1v) is 13.7. The lowest BCUT2D eigenvalue weighted by Gasteiger charge is -2.40. The first-order chi connectivity index (χ1) is 17.9. The molecule has 0 aliphatic carbocycles. The monoisotopic (exact) mass is 527 g/mol. The Morgan fingerprint density at radius 3 is 2.37 bits per heavy atom. The lowest BCUT2D eigenvalue weighted by atomic mass is 9.82. The van der Waals surface area contributed by atoms with E-state index in [1.165, 1.54) is 0 Å². The van der Waals surface area contributed by atoms with E-state index in [2.05, 4.69) is 23.7 Å². The molecule has 0 amide bonds. The highest BCUT2D eigenvalue weighted by molar-refractivity contribution is 5.85. The predicted octanol–water partition coefficient (Wildman–Crippen LogP) is 6.21. The topological polar surface area (TPSA) is 94.0 Å². The van der Waals surface area contributed by atoms with Crippen LogP contribution in [0, 0.1) is 12.3 Å². The molecule has 0 aromatic carbocycles. The normalized spacial score (nSPS) is 16.3. The Morgan fingerprint density at radius 1 is 1.11 bits per heavy atom. The van der Waals surface area contributed by atoms with Crippen LogP contribution in [0.2, 0.25) is 0 Å². The Balaban J connectivity index is 1.97. The van der Waals surface area contributed by atoms with E-state index in [1.54, 1.807) is 12.4 Å². The zero-order valence-electron chi connectivity index (χ0n) is 24.2. The Bertz CT molecular complexity index is 1050. The summed E-state index contributed by atoms with van der Waals surface area (Å²) in [4.78, 5) is 24.2. The van der Waals surface area contributed by atoms with Gasteiger partial charge in [-0.15, -0.1) is 0 Å². The Hall–Kier alpha value is -2.71. The fourth-order valence-corrected chi connectivity index (χ4v) is 4.64. The Labute approximate surface area is 227 Å². The second kappa shape index (κ2) is 12.9. The Kier molecular flexibility index (Phi) is 10.1. The molecule has 2 aromatic rings. The quantitative estimate of drug-likeness (QED) is 0.325. The number of nitrogens with zero attached hydrogens (tertiary/aromatic N) is 3. The molecule has 0 bridgehead atoms. The van der Waals surface area contributed by atoms with Gasteiger partial charge >= 0.3 is 5.97 Å². The van der Waals surface area contributed by atoms with E-state index >= 15 is 0 Å². The van der Waals surface area contributed by atoms with Crippen molar-refractivity contribution in [3.63, 3.8) is 0 Å². The number of carbonyl (C=O) groups is 1. The summed E-state index contributed by atoms with van der Waals surface area (Å²) in [6.07, 6.45) is 6.26. The third kappa shape index (κ3) is 8.14. The molecule has 2 aromatic heterocycles. The van der Waals surface area contributed by atoms with Crippen LogP contribution in [0.5, 0.6) is 5.75 Å². The highest BCUT2D eigenvalue weighted by Crippen LogP contribution is 2.43. The van der Waals surface area contributed by atoms with E-state index in [1.807, 2.05) is 46.8 Å². The second-order valence-corrected chi connectivity index (χ2v) is 11.8. The molecule has 3 rings (SSSR count). The lowest BCUT2D eigenvalue weighted by Crippen LogP contribution is -2.39. The fourth-order valence-electron chi connectivity index (χ4n) is 4.64. The van der Waals surface area contributed by atoms with Crippen LogP contribution in [0.25, 0.3) is 11.3 Å². The number of rotatable bonds is 12. The number of unbranched alkanes of at least 4 members (excludes halogenated alkanes) is 1. The van der Waals surface area contributed by atoms with Gasteiger partial charge in [0.1, 0.15) is 5.75 Å². The maximum absolute atomic E-state index is 12.5. The molecule has 1 aliphatic heterocycles. The van der Waals surface area contributed by atoms with E-state index in [0.717, 1.165) is 68.9 Å². The molecule has 0 saturated carbocycles. The van der Waals surface area contributed by atoms with Crippen molar-refractivity contribution in [2.75, 3.05) is 37.8 Å². The number of aliphatic carboxylic acids is 1. The van der Waals surface area contributed by atoms with Gasteiger partial charge in [0.15, 0.2) is 6.10 Å². The SMILES string of the molecule is CCOCCCCOc1ccc(-c2cnc(C)c([C@H](OC(C)(C)C)C(=O)O)c2N2CCC(C)(C)CC2)nc1. The molecule has 8 heteroatoms. The molecule has 210 valence electrons. The standard InChI is InChI=1S/C30H45N3O5/c1-8-36-17-9-10-18-37-22-11-12-24(32-19-22)23-20-31-21(2)25(27(28(34)35)38-29(3,4)5)26(23)33-15-13-30(6,7)14-16-33/h11-12,19-20,27H,8-10,13-18H2,1-7H3,(H,34,35)/t27-/m0/s1. The molecular weight excluding hydrogens is 482 g/mol. The molecule has 8 nitrogen and oxygen atoms in total. The predicted molar refractivity (Wildman–Crippen MR) is 150 cm³/mol. The van der Waals surface area contributed by atoms with Crippen molar-refractivity contribution < 1.29 is 24.1 Å². The summed E-state index contributed by atoms with van der Waals surface area (Å²) in [6, 6.07) is 3.83. The van der Waals surface area contributed by atoms with E-state index in [9.17, 15) is 9.90 Å². The summed E-state index contributed by atoms with van der Waals surface area (Å²) >= 11 is 0. The maximum atomic E-state index is 12.5. The summed E-state index contributed by atoms with van der Waals surface area (Å²) < 4.78 is 17.4. The second-order valence-electron chi connectivity index (χ2n) is 11.8. The molecule has 1 saturated heterocycles. The summed E-state index contributed by atoms with van der Waals surface area (Å²) in [7, 11) is 0. The van der Waals surface area contributed by atoms with Crippen molar-refractivity contribution in [1.29, 1.82) is 0 Å². The minimum absolute atomic E-state index is 0.243. The van der Waals surface area contributed by atoms with E-state index in [4.69, 9.17) is 19.2 Å². The van der Waals surface area contributed by atoms with Crippen LogP contribution in [-0.4, -0.2) is 59.6 Å². The summed E-state index contributed by atoms with van der Waals surface area (Å²) in [5.74, 6) is -0.326. The van der Waals surface area contributed by atoms with Crippen LogP contribution in [0.3, 0.4) is 0 Å². The molecule has 0 spiro atoms. The van der Waals surface area contributed by atoms with Gasteiger partial charge in [-0.25, -0.2) is 4.79 Å². The van der Waals surface area contributed by atoms with Crippen molar-refractivity contribution in [2.24, 2.45) is 5.41 Å². The lowest BCUT2D eigenvalue weighted by molar-refractivity contribution is -0.160. The highest BCUT2D eigenvalue weighted by atomic mass is 16.5. The molecule has 1 aliphatic rings. The van der Waals surface area contributed by atoms with Gasteiger partial charge in [-0.2, -0.15) is 0 Å². The Morgan fingerprint density at radius 2 is 1.79 bits per heavy atom. The zero-order chi connectivity index (χ0) is 27.9. The molecule has 0 unspecified atom stereocenters. The number of aromatic nitrogens is 2. The van der Waals surface area contributed by atoms with E-state index in [0.29, 0.717) is 23.6 Å². The average molecular weight is 528 g/mol. The summed E-state index contributed by atoms with van der Waals surface area (Å²) in [6.45, 7) is 17.7. The number of piperidine rings is 1. The van der Waals surface area contributed by atoms with Crippen LogP contribution in [0.4, 0.5) is 5.69 Å². The maximum Gasteiger partial charge on any atom is 0.337 e. The number of aryl methyl sites for hydroxylation is 1. The number of carboxylic acids is 1. The van der Waals surface area contributed by atoms with E-state index < -0.39 is 17.7 Å². The molecule has 38 heavy (non-hydrogen) atoms. The van der Waals surface area contributed by atoms with Crippen LogP contribution in [-0.2, 0) is 14.3 Å². The van der Waals surface area contributed by atoms with Gasteiger partial charge < -0.3 is 24.2 Å². The highest BCUT2D eigenvalue weighted by Gasteiger charge is 2.36. The van der Waals surface area contributed by atoms with Gasteiger partial charge in [0, 0.05) is 49.3 Å². The van der Waals surface area contributed by atoms with Crippen molar-refractivity contribution in [3.8, 4) is 17.0 Å². The van der Waals surface area contributed by atoms with Crippen LogP contribution in [0.1, 0.15) is 84.6 Å². The van der Waals surface area contributed by atoms with Gasteiger partial charge in [0.25, 0.3) is 0 Å². The number of carboxylic acid groups (broad SMARTS) is 1. The van der Waals surface area contributed by atoms with Gasteiger partial charge in [0.2, 0.25) is 0 Å². The van der Waals surface area contributed by atoms with Crippen molar-refractivity contribution in [1.82, 2.24) is 9.97 Å². The average Bonchev–Trinajstić information content (AvgIpc) is 2.85. The van der Waals surface area contributed by atoms with Gasteiger partial charge in [-0.3, -0.25) is 9.97 Å². The molecule has 1 atom stereocenters. The first kappa shape index (κ1) is 29.8. The number of hydrogen-bond acceptors (Lipinski definition) is 7. The van der Waals surface area contributed by atoms with Gasteiger partial charge in [-0.05, 0) is 77.8 Å². The van der Waals surface area contributed by atoms with E-state index in [-0.39, 0.29) is 5.41 Å². The molecular formula is C30H45N3O5. The minimum Gasteiger partial charge on any atom is -0.492 e. The van der Waals surface area contributed by atoms with Crippen LogP contribution >= 0.6 is 0 Å². The number of ether oxygens (including phenoxy) is 3. The molecule has 3 heterocycles. The van der Waals surface area contributed by atoms with Crippen molar-refractivity contribution >= 4 is 11.7 Å². The summed E-state index contributed by atoms with van der Waals surface area (Å²) in [5, 5.41) is 10.3. The first-order valence-electron chi connectivity index (χ1n) is 13.7.